The van der Waals surface area contributed by atoms with E-state index in [4.69, 9.17) is 0 Å². The molecule has 2 rings (SSSR count). The first-order valence-electron chi connectivity index (χ1n) is 5.41. The predicted octanol–water partition coefficient (Wildman–Crippen LogP) is 3.27. The molecule has 98 valence electrons. The SMILES string of the molecule is CC(C)=NNC(O)=C1C=CC=C1.[Fe].c1cc[cH-]c1. The summed E-state index contributed by atoms with van der Waals surface area (Å²) >= 11 is 0. The van der Waals surface area contributed by atoms with Crippen molar-refractivity contribution in [2.45, 2.75) is 13.8 Å². The van der Waals surface area contributed by atoms with Gasteiger partial charge in [-0.2, -0.15) is 23.3 Å². The third-order valence-corrected chi connectivity index (χ3v) is 1.88. The minimum absolute atomic E-state index is 0. The topological polar surface area (TPSA) is 44.6 Å². The molecular weight excluding hydrogens is 268 g/mol. The molecule has 3 nitrogen and oxygen atoms in total. The third-order valence-electron chi connectivity index (χ3n) is 1.88. The van der Waals surface area contributed by atoms with Crippen molar-refractivity contribution in [1.82, 2.24) is 5.43 Å². The summed E-state index contributed by atoms with van der Waals surface area (Å²) in [5, 5.41) is 13.2. The van der Waals surface area contributed by atoms with Crippen LogP contribution in [-0.2, 0) is 17.1 Å². The Morgan fingerprint density at radius 1 is 1.17 bits per heavy atom. The minimum atomic E-state index is 0. The van der Waals surface area contributed by atoms with Crippen LogP contribution in [0.2, 0.25) is 0 Å². The number of aliphatic hydroxyl groups excluding tert-OH is 1. The molecule has 0 unspecified atom stereocenters. The summed E-state index contributed by atoms with van der Waals surface area (Å²) in [6, 6.07) is 10.0. The zero-order chi connectivity index (χ0) is 12.5. The van der Waals surface area contributed by atoms with Crippen LogP contribution in [0.3, 0.4) is 0 Å². The molecule has 0 spiro atoms. The Bertz CT molecular complexity index is 407. The first-order valence-corrected chi connectivity index (χ1v) is 5.41. The van der Waals surface area contributed by atoms with Gasteiger partial charge in [0.1, 0.15) is 0 Å². The average molecular weight is 285 g/mol. The van der Waals surface area contributed by atoms with Gasteiger partial charge in [0.15, 0.2) is 0 Å². The number of hydrazone groups is 1. The summed E-state index contributed by atoms with van der Waals surface area (Å²) in [6.45, 7) is 3.70. The van der Waals surface area contributed by atoms with E-state index in [9.17, 15) is 5.11 Å². The Kier molecular flexibility index (Phi) is 8.54. The molecule has 1 aromatic carbocycles. The van der Waals surface area contributed by atoms with Gasteiger partial charge in [0.25, 0.3) is 0 Å². The van der Waals surface area contributed by atoms with Crippen molar-refractivity contribution in [2.75, 3.05) is 0 Å². The second kappa shape index (κ2) is 9.40. The number of hydrogen-bond acceptors (Lipinski definition) is 3. The van der Waals surface area contributed by atoms with Crippen LogP contribution in [0.25, 0.3) is 0 Å². The molecule has 1 aliphatic carbocycles. The molecule has 0 fully saturated rings. The van der Waals surface area contributed by atoms with E-state index in [1.54, 1.807) is 0 Å². The molecule has 1 aliphatic rings. The van der Waals surface area contributed by atoms with E-state index in [0.717, 1.165) is 11.3 Å². The molecule has 4 heteroatoms. The van der Waals surface area contributed by atoms with Crippen LogP contribution in [-0.4, -0.2) is 10.8 Å². The van der Waals surface area contributed by atoms with Crippen LogP contribution in [0.4, 0.5) is 0 Å². The predicted molar refractivity (Wildman–Crippen MR) is 71.9 cm³/mol. The van der Waals surface area contributed by atoms with Gasteiger partial charge in [0, 0.05) is 28.4 Å². The first-order chi connectivity index (χ1) is 8.20. The van der Waals surface area contributed by atoms with Crippen LogP contribution in [0.1, 0.15) is 13.8 Å². The third kappa shape index (κ3) is 6.84. The molecule has 0 saturated heterocycles. The number of aliphatic hydroxyl groups is 1. The first kappa shape index (κ1) is 16.4. The van der Waals surface area contributed by atoms with Crippen LogP contribution in [0, 0.1) is 0 Å². The van der Waals surface area contributed by atoms with Crippen molar-refractivity contribution in [3.05, 3.63) is 66.1 Å². The van der Waals surface area contributed by atoms with E-state index < -0.39 is 0 Å². The van der Waals surface area contributed by atoms with E-state index >= 15 is 0 Å². The van der Waals surface area contributed by atoms with Crippen molar-refractivity contribution < 1.29 is 22.2 Å². The van der Waals surface area contributed by atoms with Gasteiger partial charge < -0.3 is 5.11 Å². The van der Waals surface area contributed by atoms with E-state index in [1.165, 1.54) is 0 Å². The van der Waals surface area contributed by atoms with Gasteiger partial charge in [0.05, 0.1) is 0 Å². The molecule has 0 amide bonds. The smallest absolute Gasteiger partial charge is 0.212 e. The van der Waals surface area contributed by atoms with Gasteiger partial charge in [-0.05, 0) is 26.0 Å². The van der Waals surface area contributed by atoms with Crippen molar-refractivity contribution >= 4 is 5.71 Å². The molecular formula is C14H17FeN2O-. The summed E-state index contributed by atoms with van der Waals surface area (Å²) < 4.78 is 0. The minimum Gasteiger partial charge on any atom is -0.493 e. The van der Waals surface area contributed by atoms with Crippen LogP contribution in [0.15, 0.2) is 71.2 Å². The maximum atomic E-state index is 9.36. The summed E-state index contributed by atoms with van der Waals surface area (Å²) in [5.41, 5.74) is 4.16. The van der Waals surface area contributed by atoms with Crippen LogP contribution < -0.4 is 5.43 Å². The van der Waals surface area contributed by atoms with Gasteiger partial charge in [-0.25, -0.2) is 17.6 Å². The monoisotopic (exact) mass is 285 g/mol. The zero-order valence-corrected chi connectivity index (χ0v) is 11.5. The number of nitrogens with one attached hydrogen (secondary N) is 1. The summed E-state index contributed by atoms with van der Waals surface area (Å²) in [5.74, 6) is 0.0844. The normalized spacial score (nSPS) is 11.1. The molecule has 18 heavy (non-hydrogen) atoms. The van der Waals surface area contributed by atoms with E-state index in [-0.39, 0.29) is 23.0 Å². The van der Waals surface area contributed by atoms with Gasteiger partial charge in [0.2, 0.25) is 5.88 Å². The van der Waals surface area contributed by atoms with Gasteiger partial charge in [-0.1, -0.05) is 12.2 Å². The van der Waals surface area contributed by atoms with Crippen molar-refractivity contribution in [3.63, 3.8) is 0 Å². The molecule has 0 bridgehead atoms. The molecule has 0 atom stereocenters. The maximum Gasteiger partial charge on any atom is 0.212 e. The summed E-state index contributed by atoms with van der Waals surface area (Å²) in [6.07, 6.45) is 7.33. The van der Waals surface area contributed by atoms with Gasteiger partial charge in [-0.15, -0.1) is 0 Å². The quantitative estimate of drug-likeness (QED) is 0.288. The fourth-order valence-electron chi connectivity index (χ4n) is 1.08. The fourth-order valence-corrected chi connectivity index (χ4v) is 1.08. The van der Waals surface area contributed by atoms with Crippen LogP contribution in [0.5, 0.6) is 0 Å². The number of hydrogen-bond donors (Lipinski definition) is 2. The number of allylic oxidation sites excluding steroid dienone is 5. The van der Waals surface area contributed by atoms with Crippen molar-refractivity contribution in [1.29, 1.82) is 0 Å². The molecule has 0 aliphatic heterocycles. The van der Waals surface area contributed by atoms with Crippen molar-refractivity contribution in [3.8, 4) is 0 Å². The largest absolute Gasteiger partial charge is 0.493 e. The van der Waals surface area contributed by atoms with Gasteiger partial charge in [-0.3, -0.25) is 0 Å². The second-order valence-corrected chi connectivity index (χ2v) is 3.66. The second-order valence-electron chi connectivity index (χ2n) is 3.66. The average Bonchev–Trinajstić information content (AvgIpc) is 2.99. The number of nitrogens with zero attached hydrogens (tertiary/aromatic N) is 1. The molecule has 0 heterocycles. The molecule has 1 aromatic rings. The Morgan fingerprint density at radius 2 is 1.72 bits per heavy atom. The fraction of sp³-hybridized carbons (Fsp3) is 0.143. The zero-order valence-electron chi connectivity index (χ0n) is 10.4. The summed E-state index contributed by atoms with van der Waals surface area (Å²) in [4.78, 5) is 0. The molecule has 0 saturated carbocycles. The van der Waals surface area contributed by atoms with E-state index in [2.05, 4.69) is 10.5 Å². The number of rotatable bonds is 2. The molecule has 0 radical (unpaired) electrons. The maximum absolute atomic E-state index is 9.36. The van der Waals surface area contributed by atoms with Gasteiger partial charge >= 0.3 is 0 Å². The standard InChI is InChI=1S/C9H12N2O.C5H5.Fe/c1-7(2)10-11-9(12)8-5-3-4-6-8;1-2-4-5-3-1;/h3-6,11-12H,1-2H3;1-5H;/q;-1;. The summed E-state index contributed by atoms with van der Waals surface area (Å²) in [7, 11) is 0. The Labute approximate surface area is 118 Å². The van der Waals surface area contributed by atoms with E-state index in [0.29, 0.717) is 0 Å². The Balaban J connectivity index is 0.000000405. The van der Waals surface area contributed by atoms with Crippen molar-refractivity contribution in [2.24, 2.45) is 5.10 Å². The van der Waals surface area contributed by atoms with Crippen LogP contribution >= 0.6 is 0 Å². The molecule has 2 N–H and O–H groups in total. The Hall–Kier alpha value is -1.64. The Morgan fingerprint density at radius 3 is 2.11 bits per heavy atom. The molecule has 0 aromatic heterocycles. The van der Waals surface area contributed by atoms with E-state index in [1.807, 2.05) is 68.5 Å².